The summed E-state index contributed by atoms with van der Waals surface area (Å²) in [4.78, 5) is 12.3. The van der Waals surface area contributed by atoms with E-state index in [2.05, 4.69) is 24.3 Å². The Balaban J connectivity index is 2.81. The predicted molar refractivity (Wildman–Crippen MR) is 78.8 cm³/mol. The lowest BCUT2D eigenvalue weighted by atomic mass is 9.84. The van der Waals surface area contributed by atoms with Gasteiger partial charge in [-0.2, -0.15) is 5.10 Å². The Bertz CT molecular complexity index is 442. The van der Waals surface area contributed by atoms with Crippen LogP contribution >= 0.6 is 11.6 Å². The van der Waals surface area contributed by atoms with Gasteiger partial charge in [0.25, 0.3) is 5.91 Å². The van der Waals surface area contributed by atoms with Gasteiger partial charge in [-0.3, -0.25) is 9.48 Å². The number of hydrogen-bond acceptors (Lipinski definition) is 2. The second-order valence-electron chi connectivity index (χ2n) is 5.19. The van der Waals surface area contributed by atoms with Gasteiger partial charge in [0.15, 0.2) is 0 Å². The minimum atomic E-state index is -0.0560. The molecule has 108 valence electrons. The van der Waals surface area contributed by atoms with E-state index in [9.17, 15) is 4.79 Å². The molecule has 1 aromatic rings. The van der Waals surface area contributed by atoms with E-state index in [4.69, 9.17) is 11.6 Å². The van der Waals surface area contributed by atoms with E-state index < -0.39 is 0 Å². The first-order valence-electron chi connectivity index (χ1n) is 6.75. The van der Waals surface area contributed by atoms with E-state index in [-0.39, 0.29) is 11.3 Å². The molecule has 1 amide bonds. The molecule has 0 unspecified atom stereocenters. The van der Waals surface area contributed by atoms with Gasteiger partial charge in [0.2, 0.25) is 0 Å². The topological polar surface area (TPSA) is 46.9 Å². The summed E-state index contributed by atoms with van der Waals surface area (Å²) in [5.41, 5.74) is 2.32. The number of amides is 1. The third-order valence-corrected chi connectivity index (χ3v) is 4.71. The minimum absolute atomic E-state index is 0.0127. The number of aryl methyl sites for hydroxylation is 2. The molecule has 1 heterocycles. The molecule has 0 saturated heterocycles. The first-order chi connectivity index (χ1) is 8.90. The van der Waals surface area contributed by atoms with E-state index in [0.717, 1.165) is 24.2 Å². The number of hydrogen-bond donors (Lipinski definition) is 1. The number of alkyl halides is 1. The van der Waals surface area contributed by atoms with Gasteiger partial charge in [0, 0.05) is 30.6 Å². The zero-order chi connectivity index (χ0) is 14.6. The van der Waals surface area contributed by atoms with E-state index in [1.165, 1.54) is 0 Å². The minimum Gasteiger partial charge on any atom is -0.351 e. The Morgan fingerprint density at radius 2 is 1.95 bits per heavy atom. The van der Waals surface area contributed by atoms with Gasteiger partial charge in [-0.05, 0) is 26.7 Å². The SMILES string of the molecule is CCC(CC)(CCl)CNC(=O)c1c(C)nn(C)c1C. The van der Waals surface area contributed by atoms with E-state index in [0.29, 0.717) is 18.0 Å². The average Bonchev–Trinajstić information content (AvgIpc) is 2.65. The molecule has 4 nitrogen and oxygen atoms in total. The Labute approximate surface area is 120 Å². The Morgan fingerprint density at radius 1 is 1.37 bits per heavy atom. The van der Waals surface area contributed by atoms with Crippen molar-refractivity contribution in [2.75, 3.05) is 12.4 Å². The molecule has 0 bridgehead atoms. The van der Waals surface area contributed by atoms with Crippen LogP contribution in [0.2, 0.25) is 0 Å². The summed E-state index contributed by atoms with van der Waals surface area (Å²) in [6, 6.07) is 0. The number of nitrogens with zero attached hydrogens (tertiary/aromatic N) is 2. The number of aromatic nitrogens is 2. The molecular weight excluding hydrogens is 262 g/mol. The largest absolute Gasteiger partial charge is 0.351 e. The van der Waals surface area contributed by atoms with Gasteiger partial charge in [-0.15, -0.1) is 11.6 Å². The maximum Gasteiger partial charge on any atom is 0.255 e. The average molecular weight is 286 g/mol. The first-order valence-corrected chi connectivity index (χ1v) is 7.28. The molecular formula is C14H24ClN3O. The smallest absolute Gasteiger partial charge is 0.255 e. The van der Waals surface area contributed by atoms with Crippen LogP contribution in [0.25, 0.3) is 0 Å². The van der Waals surface area contributed by atoms with Crippen molar-refractivity contribution < 1.29 is 4.79 Å². The number of carbonyl (C=O) groups is 1. The van der Waals surface area contributed by atoms with Crippen molar-refractivity contribution in [1.82, 2.24) is 15.1 Å². The van der Waals surface area contributed by atoms with Gasteiger partial charge in [0.1, 0.15) is 0 Å². The van der Waals surface area contributed by atoms with Crippen molar-refractivity contribution in [3.8, 4) is 0 Å². The van der Waals surface area contributed by atoms with Crippen LogP contribution in [-0.2, 0) is 7.05 Å². The van der Waals surface area contributed by atoms with Crippen LogP contribution in [0.15, 0.2) is 0 Å². The lowest BCUT2D eigenvalue weighted by Crippen LogP contribution is -2.38. The molecule has 5 heteroatoms. The normalized spacial score (nSPS) is 11.7. The first kappa shape index (κ1) is 16.0. The maximum absolute atomic E-state index is 12.3. The summed E-state index contributed by atoms with van der Waals surface area (Å²) in [6.07, 6.45) is 1.91. The summed E-state index contributed by atoms with van der Waals surface area (Å²) in [5.74, 6) is 0.505. The molecule has 0 fully saturated rings. The maximum atomic E-state index is 12.3. The molecule has 0 spiro atoms. The molecule has 0 aliphatic rings. The van der Waals surface area contributed by atoms with Gasteiger partial charge in [0.05, 0.1) is 11.3 Å². The number of halogens is 1. The van der Waals surface area contributed by atoms with Crippen LogP contribution < -0.4 is 5.32 Å². The summed E-state index contributed by atoms with van der Waals surface area (Å²) in [7, 11) is 1.85. The highest BCUT2D eigenvalue weighted by atomic mass is 35.5. The summed E-state index contributed by atoms with van der Waals surface area (Å²) in [5, 5.41) is 7.28. The van der Waals surface area contributed by atoms with Crippen molar-refractivity contribution in [3.05, 3.63) is 17.0 Å². The van der Waals surface area contributed by atoms with Crippen LogP contribution in [0, 0.1) is 19.3 Å². The van der Waals surface area contributed by atoms with Crippen molar-refractivity contribution in [2.45, 2.75) is 40.5 Å². The summed E-state index contributed by atoms with van der Waals surface area (Å²) < 4.78 is 1.73. The van der Waals surface area contributed by atoms with Gasteiger partial charge in [-0.25, -0.2) is 0 Å². The lowest BCUT2D eigenvalue weighted by molar-refractivity contribution is 0.0930. The van der Waals surface area contributed by atoms with Gasteiger partial charge in [-0.1, -0.05) is 13.8 Å². The van der Waals surface area contributed by atoms with Crippen molar-refractivity contribution in [3.63, 3.8) is 0 Å². The van der Waals surface area contributed by atoms with Crippen molar-refractivity contribution >= 4 is 17.5 Å². The van der Waals surface area contributed by atoms with Crippen LogP contribution in [-0.4, -0.2) is 28.1 Å². The van der Waals surface area contributed by atoms with Gasteiger partial charge < -0.3 is 5.32 Å². The molecule has 0 atom stereocenters. The second kappa shape index (κ2) is 6.42. The standard InChI is InChI=1S/C14H24ClN3O/c1-6-14(7-2,8-15)9-16-13(19)12-10(3)17-18(5)11(12)4/h6-9H2,1-5H3,(H,16,19). The van der Waals surface area contributed by atoms with E-state index in [1.807, 2.05) is 20.9 Å². The molecule has 1 N–H and O–H groups in total. The molecule has 1 aromatic heterocycles. The number of nitrogens with one attached hydrogen (secondary N) is 1. The Kier molecular flexibility index (Phi) is 5.41. The van der Waals surface area contributed by atoms with Crippen molar-refractivity contribution in [1.29, 1.82) is 0 Å². The third-order valence-electron chi connectivity index (χ3n) is 4.14. The highest BCUT2D eigenvalue weighted by Gasteiger charge is 2.27. The quantitative estimate of drug-likeness (QED) is 0.817. The van der Waals surface area contributed by atoms with E-state index >= 15 is 0 Å². The molecule has 0 aliphatic carbocycles. The van der Waals surface area contributed by atoms with E-state index in [1.54, 1.807) is 4.68 Å². The van der Waals surface area contributed by atoms with Crippen LogP contribution in [0.5, 0.6) is 0 Å². The third kappa shape index (κ3) is 3.30. The molecule has 0 aromatic carbocycles. The lowest BCUT2D eigenvalue weighted by Gasteiger charge is -2.29. The monoisotopic (exact) mass is 285 g/mol. The fourth-order valence-corrected chi connectivity index (χ4v) is 2.67. The van der Waals surface area contributed by atoms with Crippen LogP contribution in [0.4, 0.5) is 0 Å². The van der Waals surface area contributed by atoms with Crippen LogP contribution in [0.3, 0.4) is 0 Å². The van der Waals surface area contributed by atoms with Crippen LogP contribution in [0.1, 0.15) is 48.4 Å². The second-order valence-corrected chi connectivity index (χ2v) is 5.46. The zero-order valence-electron chi connectivity index (χ0n) is 12.5. The molecule has 0 radical (unpaired) electrons. The summed E-state index contributed by atoms with van der Waals surface area (Å²) >= 11 is 6.05. The summed E-state index contributed by atoms with van der Waals surface area (Å²) in [6.45, 7) is 8.59. The Morgan fingerprint density at radius 3 is 2.32 bits per heavy atom. The van der Waals surface area contributed by atoms with Crippen molar-refractivity contribution in [2.24, 2.45) is 12.5 Å². The molecule has 19 heavy (non-hydrogen) atoms. The molecule has 0 aliphatic heterocycles. The highest BCUT2D eigenvalue weighted by Crippen LogP contribution is 2.27. The number of carbonyl (C=O) groups excluding carboxylic acids is 1. The molecule has 1 rings (SSSR count). The predicted octanol–water partition coefficient (Wildman–Crippen LogP) is 2.81. The highest BCUT2D eigenvalue weighted by molar-refractivity contribution is 6.18. The molecule has 0 saturated carbocycles. The van der Waals surface area contributed by atoms with Gasteiger partial charge >= 0.3 is 0 Å². The number of rotatable bonds is 6. The fraction of sp³-hybridized carbons (Fsp3) is 0.714. The Hall–Kier alpha value is -1.03. The zero-order valence-corrected chi connectivity index (χ0v) is 13.3. The fourth-order valence-electron chi connectivity index (χ4n) is 2.19.